The van der Waals surface area contributed by atoms with E-state index < -0.39 is 15.3 Å². The van der Waals surface area contributed by atoms with Crippen molar-refractivity contribution in [1.82, 2.24) is 4.72 Å². The number of nitrogens with two attached hydrogens (primary N) is 1. The molecule has 0 spiro atoms. The molecule has 1 aromatic carbocycles. The third-order valence-electron chi connectivity index (χ3n) is 2.25. The molecular weight excluding hydrogens is 292 g/mol. The molecule has 0 heterocycles. The summed E-state index contributed by atoms with van der Waals surface area (Å²) in [6.45, 7) is 2.00. The van der Waals surface area contributed by atoms with Gasteiger partial charge in [-0.1, -0.05) is 28.1 Å². The quantitative estimate of drug-likeness (QED) is 0.859. The van der Waals surface area contributed by atoms with Gasteiger partial charge in [0.05, 0.1) is 5.25 Å². The molecule has 1 unspecified atom stereocenters. The van der Waals surface area contributed by atoms with Crippen LogP contribution in [0.1, 0.15) is 12.5 Å². The van der Waals surface area contributed by atoms with E-state index in [4.69, 9.17) is 5.73 Å². The largest absolute Gasteiger partial charge is 0.329 e. The van der Waals surface area contributed by atoms with E-state index in [1.165, 1.54) is 0 Å². The summed E-state index contributed by atoms with van der Waals surface area (Å²) in [6.07, 6.45) is 0. The summed E-state index contributed by atoms with van der Waals surface area (Å²) in [5.74, 6) is 0. The van der Waals surface area contributed by atoms with Crippen molar-refractivity contribution in [3.8, 4) is 0 Å². The fourth-order valence-corrected chi connectivity index (χ4v) is 2.23. The van der Waals surface area contributed by atoms with Crippen LogP contribution in [-0.2, 0) is 16.6 Å². The Labute approximate surface area is 104 Å². The lowest BCUT2D eigenvalue weighted by molar-refractivity contribution is 0.568. The van der Waals surface area contributed by atoms with Crippen molar-refractivity contribution >= 4 is 26.0 Å². The Morgan fingerprint density at radius 1 is 1.38 bits per heavy atom. The minimum Gasteiger partial charge on any atom is -0.329 e. The highest BCUT2D eigenvalue weighted by atomic mass is 79.9. The first-order valence-electron chi connectivity index (χ1n) is 4.88. The topological polar surface area (TPSA) is 72.2 Å². The van der Waals surface area contributed by atoms with Crippen LogP contribution in [0.2, 0.25) is 0 Å². The van der Waals surface area contributed by atoms with Crippen molar-refractivity contribution in [2.75, 3.05) is 6.54 Å². The molecule has 0 saturated carbocycles. The predicted octanol–water partition coefficient (Wildman–Crippen LogP) is 1.22. The second-order valence-electron chi connectivity index (χ2n) is 3.54. The number of hydrogen-bond donors (Lipinski definition) is 2. The van der Waals surface area contributed by atoms with E-state index in [1.807, 2.05) is 24.3 Å². The molecule has 4 nitrogen and oxygen atoms in total. The third-order valence-corrected chi connectivity index (χ3v) is 4.58. The summed E-state index contributed by atoms with van der Waals surface area (Å²) < 4.78 is 26.7. The summed E-state index contributed by atoms with van der Waals surface area (Å²) in [5, 5.41) is -0.567. The van der Waals surface area contributed by atoms with Gasteiger partial charge in [-0.25, -0.2) is 13.1 Å². The van der Waals surface area contributed by atoms with E-state index in [9.17, 15) is 8.42 Å². The number of nitrogens with one attached hydrogen (secondary N) is 1. The van der Waals surface area contributed by atoms with Crippen LogP contribution < -0.4 is 10.5 Å². The lowest BCUT2D eigenvalue weighted by Crippen LogP contribution is -2.36. The van der Waals surface area contributed by atoms with Gasteiger partial charge in [-0.05, 0) is 24.6 Å². The molecule has 0 bridgehead atoms. The van der Waals surface area contributed by atoms with Gasteiger partial charge >= 0.3 is 0 Å². The van der Waals surface area contributed by atoms with E-state index in [0.717, 1.165) is 10.0 Å². The molecule has 90 valence electrons. The predicted molar refractivity (Wildman–Crippen MR) is 68.4 cm³/mol. The third kappa shape index (κ3) is 3.86. The number of benzene rings is 1. The number of sulfonamides is 1. The second kappa shape index (κ2) is 5.77. The Balaban J connectivity index is 2.61. The van der Waals surface area contributed by atoms with Crippen LogP contribution in [-0.4, -0.2) is 20.2 Å². The molecule has 0 saturated heterocycles. The van der Waals surface area contributed by atoms with Crippen LogP contribution in [0.4, 0.5) is 0 Å². The zero-order chi connectivity index (χ0) is 12.2. The molecule has 0 aromatic heterocycles. The molecule has 0 aliphatic carbocycles. The average molecular weight is 307 g/mol. The molecule has 0 amide bonds. The normalized spacial score (nSPS) is 13.7. The van der Waals surface area contributed by atoms with E-state index >= 15 is 0 Å². The van der Waals surface area contributed by atoms with E-state index in [2.05, 4.69) is 20.7 Å². The molecule has 1 rings (SSSR count). The number of halogens is 1. The van der Waals surface area contributed by atoms with Gasteiger partial charge in [0.15, 0.2) is 0 Å². The van der Waals surface area contributed by atoms with Crippen LogP contribution in [0, 0.1) is 0 Å². The van der Waals surface area contributed by atoms with Crippen LogP contribution in [0.25, 0.3) is 0 Å². The molecule has 0 radical (unpaired) electrons. The summed E-state index contributed by atoms with van der Waals surface area (Å²) >= 11 is 3.32. The first-order chi connectivity index (χ1) is 7.45. The monoisotopic (exact) mass is 306 g/mol. The van der Waals surface area contributed by atoms with E-state index in [0.29, 0.717) is 6.54 Å². The number of hydrogen-bond acceptors (Lipinski definition) is 3. The molecule has 3 N–H and O–H groups in total. The van der Waals surface area contributed by atoms with Crippen molar-refractivity contribution in [3.05, 3.63) is 34.3 Å². The first kappa shape index (κ1) is 13.6. The second-order valence-corrected chi connectivity index (χ2v) is 6.64. The standard InChI is InChI=1S/C10H15BrN2O2S/c1-8(6-12)16(14,15)13-7-9-2-4-10(11)5-3-9/h2-5,8,13H,6-7,12H2,1H3. The zero-order valence-electron chi connectivity index (χ0n) is 8.98. The Kier molecular flexibility index (Phi) is 4.91. The molecule has 1 atom stereocenters. The summed E-state index contributed by atoms with van der Waals surface area (Å²) in [4.78, 5) is 0. The van der Waals surface area contributed by atoms with Crippen molar-refractivity contribution < 1.29 is 8.42 Å². The maximum absolute atomic E-state index is 11.6. The van der Waals surface area contributed by atoms with Crippen molar-refractivity contribution in [2.45, 2.75) is 18.7 Å². The average Bonchev–Trinajstić information content (AvgIpc) is 2.27. The van der Waals surface area contributed by atoms with Crippen LogP contribution in [0.5, 0.6) is 0 Å². The highest BCUT2D eigenvalue weighted by Crippen LogP contribution is 2.10. The van der Waals surface area contributed by atoms with Gasteiger partial charge in [0, 0.05) is 17.6 Å². The summed E-state index contributed by atoms with van der Waals surface area (Å²) in [5.41, 5.74) is 6.23. The van der Waals surface area contributed by atoms with Gasteiger partial charge in [0.2, 0.25) is 10.0 Å². The first-order valence-corrected chi connectivity index (χ1v) is 7.22. The van der Waals surface area contributed by atoms with Crippen molar-refractivity contribution in [1.29, 1.82) is 0 Å². The Morgan fingerprint density at radius 3 is 2.44 bits per heavy atom. The van der Waals surface area contributed by atoms with E-state index in [1.54, 1.807) is 6.92 Å². The lowest BCUT2D eigenvalue weighted by Gasteiger charge is -2.11. The Morgan fingerprint density at radius 2 is 1.94 bits per heavy atom. The highest BCUT2D eigenvalue weighted by molar-refractivity contribution is 9.10. The molecule has 6 heteroatoms. The van der Waals surface area contributed by atoms with Crippen LogP contribution in [0.3, 0.4) is 0 Å². The minimum atomic E-state index is -3.31. The highest BCUT2D eigenvalue weighted by Gasteiger charge is 2.18. The van der Waals surface area contributed by atoms with Crippen molar-refractivity contribution in [3.63, 3.8) is 0 Å². The summed E-state index contributed by atoms with van der Waals surface area (Å²) in [7, 11) is -3.31. The van der Waals surface area contributed by atoms with Gasteiger partial charge in [-0.3, -0.25) is 0 Å². The molecule has 1 aromatic rings. The van der Waals surface area contributed by atoms with Crippen LogP contribution in [0.15, 0.2) is 28.7 Å². The van der Waals surface area contributed by atoms with Gasteiger partial charge in [-0.2, -0.15) is 0 Å². The molecule has 0 fully saturated rings. The van der Waals surface area contributed by atoms with Crippen LogP contribution >= 0.6 is 15.9 Å². The Hall–Kier alpha value is -0.430. The molecule has 0 aliphatic heterocycles. The summed E-state index contributed by atoms with van der Waals surface area (Å²) in [6, 6.07) is 7.46. The molecule has 16 heavy (non-hydrogen) atoms. The fourth-order valence-electron chi connectivity index (χ4n) is 1.06. The zero-order valence-corrected chi connectivity index (χ0v) is 11.4. The lowest BCUT2D eigenvalue weighted by atomic mass is 10.2. The molecular formula is C10H15BrN2O2S. The maximum atomic E-state index is 11.6. The van der Waals surface area contributed by atoms with Gasteiger partial charge in [0.1, 0.15) is 0 Å². The van der Waals surface area contributed by atoms with E-state index in [-0.39, 0.29) is 6.54 Å². The smallest absolute Gasteiger partial charge is 0.215 e. The Bertz CT molecular complexity index is 431. The SMILES string of the molecule is CC(CN)S(=O)(=O)NCc1ccc(Br)cc1. The van der Waals surface area contributed by atoms with Gasteiger partial charge < -0.3 is 5.73 Å². The van der Waals surface area contributed by atoms with Crippen molar-refractivity contribution in [2.24, 2.45) is 5.73 Å². The van der Waals surface area contributed by atoms with Gasteiger partial charge in [-0.15, -0.1) is 0 Å². The fraction of sp³-hybridized carbons (Fsp3) is 0.400. The minimum absolute atomic E-state index is 0.121. The molecule has 0 aliphatic rings. The number of rotatable bonds is 5. The maximum Gasteiger partial charge on any atom is 0.215 e. The van der Waals surface area contributed by atoms with Gasteiger partial charge in [0.25, 0.3) is 0 Å².